The number of benzene rings is 1. The SMILES string of the molecule is COC(=O)c1nc(N)sc1-c1cccc(C2CC2)c1. The normalized spacial score (nSPS) is 14.4. The van der Waals surface area contributed by atoms with Crippen LogP contribution >= 0.6 is 11.3 Å². The van der Waals surface area contributed by atoms with Gasteiger partial charge >= 0.3 is 5.97 Å². The third-order valence-electron chi connectivity index (χ3n) is 3.22. The minimum absolute atomic E-state index is 0.304. The van der Waals surface area contributed by atoms with E-state index in [9.17, 15) is 4.79 Å². The van der Waals surface area contributed by atoms with Crippen LogP contribution in [0, 0.1) is 0 Å². The predicted octanol–water partition coefficient (Wildman–Crippen LogP) is 3.06. The molecule has 1 fully saturated rings. The Morgan fingerprint density at radius 3 is 2.95 bits per heavy atom. The highest BCUT2D eigenvalue weighted by Gasteiger charge is 2.25. The number of carbonyl (C=O) groups is 1. The van der Waals surface area contributed by atoms with Crippen molar-refractivity contribution in [2.45, 2.75) is 18.8 Å². The van der Waals surface area contributed by atoms with Crippen molar-refractivity contribution in [3.63, 3.8) is 0 Å². The maximum atomic E-state index is 11.7. The second-order valence-corrected chi connectivity index (χ2v) is 5.65. The summed E-state index contributed by atoms with van der Waals surface area (Å²) in [7, 11) is 1.35. The van der Waals surface area contributed by atoms with Crippen LogP contribution in [0.25, 0.3) is 10.4 Å². The molecule has 5 heteroatoms. The maximum absolute atomic E-state index is 11.7. The lowest BCUT2D eigenvalue weighted by Crippen LogP contribution is -2.03. The number of ether oxygens (including phenoxy) is 1. The molecule has 1 aromatic carbocycles. The Morgan fingerprint density at radius 2 is 2.26 bits per heavy atom. The second-order valence-electron chi connectivity index (χ2n) is 4.62. The highest BCUT2D eigenvalue weighted by Crippen LogP contribution is 2.42. The summed E-state index contributed by atoms with van der Waals surface area (Å²) in [4.78, 5) is 16.6. The van der Waals surface area contributed by atoms with Crippen LogP contribution in [0.2, 0.25) is 0 Å². The molecule has 3 rings (SSSR count). The van der Waals surface area contributed by atoms with Crippen molar-refractivity contribution in [3.05, 3.63) is 35.5 Å². The van der Waals surface area contributed by atoms with Gasteiger partial charge in [-0.1, -0.05) is 29.5 Å². The molecule has 1 aliphatic carbocycles. The molecule has 1 aliphatic rings. The summed E-state index contributed by atoms with van der Waals surface area (Å²) in [6, 6.07) is 8.24. The van der Waals surface area contributed by atoms with Crippen LogP contribution in [0.1, 0.15) is 34.8 Å². The fourth-order valence-electron chi connectivity index (χ4n) is 2.12. The Morgan fingerprint density at radius 1 is 1.47 bits per heavy atom. The molecule has 19 heavy (non-hydrogen) atoms. The largest absolute Gasteiger partial charge is 0.464 e. The van der Waals surface area contributed by atoms with Gasteiger partial charge in [0.05, 0.1) is 12.0 Å². The number of hydrogen-bond donors (Lipinski definition) is 1. The average Bonchev–Trinajstić information content (AvgIpc) is 3.21. The van der Waals surface area contributed by atoms with Crippen LogP contribution in [0.5, 0.6) is 0 Å². The van der Waals surface area contributed by atoms with Crippen LogP contribution in [0.3, 0.4) is 0 Å². The molecule has 0 atom stereocenters. The van der Waals surface area contributed by atoms with Gasteiger partial charge in [0.15, 0.2) is 10.8 Å². The van der Waals surface area contributed by atoms with E-state index in [-0.39, 0.29) is 0 Å². The van der Waals surface area contributed by atoms with Crippen molar-refractivity contribution in [1.29, 1.82) is 0 Å². The second kappa shape index (κ2) is 4.66. The number of rotatable bonds is 3. The number of carbonyl (C=O) groups excluding carboxylic acids is 1. The van der Waals surface area contributed by atoms with Crippen molar-refractivity contribution in [3.8, 4) is 10.4 Å². The van der Waals surface area contributed by atoms with Gasteiger partial charge in [0.2, 0.25) is 0 Å². The zero-order valence-corrected chi connectivity index (χ0v) is 11.4. The van der Waals surface area contributed by atoms with E-state index < -0.39 is 5.97 Å². The summed E-state index contributed by atoms with van der Waals surface area (Å²) in [5.41, 5.74) is 8.33. The summed E-state index contributed by atoms with van der Waals surface area (Å²) >= 11 is 1.32. The molecule has 98 valence electrons. The first-order valence-corrected chi connectivity index (χ1v) is 6.95. The van der Waals surface area contributed by atoms with E-state index in [1.165, 1.54) is 36.9 Å². The molecule has 0 amide bonds. The summed E-state index contributed by atoms with van der Waals surface area (Å²) < 4.78 is 4.75. The molecular weight excluding hydrogens is 260 g/mol. The van der Waals surface area contributed by atoms with Gasteiger partial charge in [-0.15, -0.1) is 0 Å². The first kappa shape index (κ1) is 12.2. The molecule has 2 aromatic rings. The maximum Gasteiger partial charge on any atom is 0.358 e. The van der Waals surface area contributed by atoms with E-state index >= 15 is 0 Å². The molecular formula is C14H14N2O2S. The Bertz CT molecular complexity index is 632. The van der Waals surface area contributed by atoms with Crippen LogP contribution < -0.4 is 5.73 Å². The van der Waals surface area contributed by atoms with E-state index in [4.69, 9.17) is 10.5 Å². The number of methoxy groups -OCH3 is 1. The van der Waals surface area contributed by atoms with Gasteiger partial charge in [0, 0.05) is 0 Å². The molecule has 1 heterocycles. The van der Waals surface area contributed by atoms with Crippen molar-refractivity contribution in [2.24, 2.45) is 0 Å². The summed E-state index contributed by atoms with van der Waals surface area (Å²) in [5, 5.41) is 0.382. The highest BCUT2D eigenvalue weighted by atomic mass is 32.1. The average molecular weight is 274 g/mol. The van der Waals surface area contributed by atoms with Crippen LogP contribution in [-0.4, -0.2) is 18.1 Å². The Labute approximate surface area is 115 Å². The molecule has 0 aliphatic heterocycles. The molecule has 4 nitrogen and oxygen atoms in total. The third-order valence-corrected chi connectivity index (χ3v) is 4.15. The van der Waals surface area contributed by atoms with Gasteiger partial charge in [-0.2, -0.15) is 0 Å². The van der Waals surface area contributed by atoms with Crippen molar-refractivity contribution < 1.29 is 9.53 Å². The van der Waals surface area contributed by atoms with Gasteiger partial charge in [-0.05, 0) is 36.0 Å². The molecule has 0 radical (unpaired) electrons. The predicted molar refractivity (Wildman–Crippen MR) is 75.3 cm³/mol. The van der Waals surface area contributed by atoms with Gasteiger partial charge < -0.3 is 10.5 Å². The fraction of sp³-hybridized carbons (Fsp3) is 0.286. The van der Waals surface area contributed by atoms with Crippen LogP contribution in [0.4, 0.5) is 5.13 Å². The zero-order valence-electron chi connectivity index (χ0n) is 10.6. The smallest absolute Gasteiger partial charge is 0.358 e. The van der Waals surface area contributed by atoms with E-state index in [0.29, 0.717) is 16.7 Å². The van der Waals surface area contributed by atoms with E-state index in [0.717, 1.165) is 10.4 Å². The van der Waals surface area contributed by atoms with E-state index in [1.54, 1.807) is 0 Å². The quantitative estimate of drug-likeness (QED) is 0.874. The summed E-state index contributed by atoms with van der Waals surface area (Å²) in [5.74, 6) is 0.228. The molecule has 2 N–H and O–H groups in total. The monoisotopic (exact) mass is 274 g/mol. The molecule has 0 saturated heterocycles. The lowest BCUT2D eigenvalue weighted by molar-refractivity contribution is 0.0596. The molecule has 1 aromatic heterocycles. The molecule has 0 bridgehead atoms. The standard InChI is InChI=1S/C14H14N2O2S/c1-18-13(17)11-12(19-14(15)16-11)10-4-2-3-9(7-10)8-5-6-8/h2-4,7-8H,5-6H2,1H3,(H2,15,16). The van der Waals surface area contributed by atoms with E-state index in [1.807, 2.05) is 12.1 Å². The number of aromatic nitrogens is 1. The Hall–Kier alpha value is -1.88. The highest BCUT2D eigenvalue weighted by molar-refractivity contribution is 7.19. The lowest BCUT2D eigenvalue weighted by atomic mass is 10.1. The number of nitrogens with zero attached hydrogens (tertiary/aromatic N) is 1. The number of thiazole rings is 1. The van der Waals surface area contributed by atoms with E-state index in [2.05, 4.69) is 17.1 Å². The van der Waals surface area contributed by atoms with Crippen molar-refractivity contribution in [2.75, 3.05) is 12.8 Å². The first-order valence-electron chi connectivity index (χ1n) is 6.14. The molecule has 0 spiro atoms. The number of nitrogen functional groups attached to an aromatic ring is 1. The molecule has 0 unspecified atom stereocenters. The van der Waals surface area contributed by atoms with Gasteiger partial charge in [-0.25, -0.2) is 9.78 Å². The zero-order chi connectivity index (χ0) is 13.4. The Balaban J connectivity index is 2.05. The third kappa shape index (κ3) is 2.33. The number of nitrogens with two attached hydrogens (primary N) is 1. The van der Waals surface area contributed by atoms with Gasteiger partial charge in [-0.3, -0.25) is 0 Å². The van der Waals surface area contributed by atoms with Gasteiger partial charge in [0.1, 0.15) is 0 Å². The molecule has 1 saturated carbocycles. The van der Waals surface area contributed by atoms with Crippen LogP contribution in [0.15, 0.2) is 24.3 Å². The summed E-state index contributed by atoms with van der Waals surface area (Å²) in [6.07, 6.45) is 2.50. The fourth-order valence-corrected chi connectivity index (χ4v) is 2.93. The number of anilines is 1. The topological polar surface area (TPSA) is 65.2 Å². The first-order chi connectivity index (χ1) is 9.19. The minimum atomic E-state index is -0.445. The minimum Gasteiger partial charge on any atom is -0.464 e. The van der Waals surface area contributed by atoms with Crippen molar-refractivity contribution >= 4 is 22.4 Å². The lowest BCUT2D eigenvalue weighted by Gasteiger charge is -2.03. The number of esters is 1. The number of hydrogen-bond acceptors (Lipinski definition) is 5. The van der Waals surface area contributed by atoms with Crippen molar-refractivity contribution in [1.82, 2.24) is 4.98 Å². The Kier molecular flexibility index (Phi) is 2.98. The van der Waals surface area contributed by atoms with Crippen LogP contribution in [-0.2, 0) is 4.74 Å². The van der Waals surface area contributed by atoms with Gasteiger partial charge in [0.25, 0.3) is 0 Å². The summed E-state index contributed by atoms with van der Waals surface area (Å²) in [6.45, 7) is 0.